The fourth-order valence-corrected chi connectivity index (χ4v) is 3.60. The van der Waals surface area contributed by atoms with Crippen LogP contribution in [0.4, 0.5) is 11.5 Å². The van der Waals surface area contributed by atoms with Gasteiger partial charge in [-0.15, -0.1) is 11.8 Å². The lowest BCUT2D eigenvalue weighted by molar-refractivity contribution is 0.158. The van der Waals surface area contributed by atoms with E-state index >= 15 is 0 Å². The van der Waals surface area contributed by atoms with E-state index in [1.807, 2.05) is 42.5 Å². The van der Waals surface area contributed by atoms with Crippen molar-refractivity contribution in [1.29, 1.82) is 0 Å². The predicted octanol–water partition coefficient (Wildman–Crippen LogP) is 1.29. The normalized spacial score (nSPS) is 12.5. The predicted molar refractivity (Wildman–Crippen MR) is 131 cm³/mol. The average molecular weight is 455 g/mol. The van der Waals surface area contributed by atoms with Gasteiger partial charge in [0.1, 0.15) is 17.7 Å². The number of aromatic amines is 1. The van der Waals surface area contributed by atoms with Crippen LogP contribution in [0.1, 0.15) is 5.56 Å². The van der Waals surface area contributed by atoms with Crippen molar-refractivity contribution in [1.82, 2.24) is 14.9 Å². The smallest absolute Gasteiger partial charge is 0.329 e. The number of nitrogens with two attached hydrogens (primary N) is 2. The summed E-state index contributed by atoms with van der Waals surface area (Å²) in [5, 5.41) is 17.5. The van der Waals surface area contributed by atoms with E-state index in [0.29, 0.717) is 11.6 Å². The van der Waals surface area contributed by atoms with Crippen molar-refractivity contribution >= 4 is 29.0 Å². The molecule has 1 aromatic heterocycles. The summed E-state index contributed by atoms with van der Waals surface area (Å²) in [6, 6.07) is 18.1. The van der Waals surface area contributed by atoms with E-state index in [-0.39, 0.29) is 18.1 Å². The first kappa shape index (κ1) is 23.2. The van der Waals surface area contributed by atoms with Crippen molar-refractivity contribution in [3.8, 4) is 11.1 Å². The molecule has 1 unspecified atom stereocenters. The van der Waals surface area contributed by atoms with Crippen LogP contribution in [0.5, 0.6) is 0 Å². The molecule has 3 aromatic rings. The van der Waals surface area contributed by atoms with E-state index in [1.54, 1.807) is 5.41 Å². The number of thioether (sulfide) groups is 1. The molecule has 3 rings (SSSR count). The summed E-state index contributed by atoms with van der Waals surface area (Å²) in [7, 11) is 1.44. The molecule has 9 nitrogen and oxygen atoms in total. The summed E-state index contributed by atoms with van der Waals surface area (Å²) in [5.74, 6) is 0.388. The van der Waals surface area contributed by atoms with Crippen LogP contribution in [-0.2, 0) is 7.05 Å². The van der Waals surface area contributed by atoms with Gasteiger partial charge in [0.2, 0.25) is 0 Å². The zero-order valence-electron chi connectivity index (χ0n) is 17.5. The molecule has 0 spiro atoms. The first-order valence-corrected chi connectivity index (χ1v) is 10.9. The fraction of sp³-hybridized carbons (Fsp3) is 0.182. The third kappa shape index (κ3) is 5.82. The minimum Gasteiger partial charge on any atom is -0.398 e. The third-order valence-corrected chi connectivity index (χ3v) is 5.53. The Morgan fingerprint density at radius 1 is 1.16 bits per heavy atom. The standard InChI is InChI=1S/C22H26N6O3S/c1-28-20(24)19(21(30)27-22(28)31)25-11-18(29)26-13-32-12-17(23)16-9-7-15(8-10-16)14-5-3-2-4-6-14/h2-10,12,18,25-26,29H,11,13,23-24H2,1H3,(H,27,30,31)/b17-12-. The summed E-state index contributed by atoms with van der Waals surface area (Å²) in [5.41, 5.74) is 14.5. The number of anilines is 2. The van der Waals surface area contributed by atoms with E-state index in [2.05, 4.69) is 27.8 Å². The quantitative estimate of drug-likeness (QED) is 0.209. The Morgan fingerprint density at radius 2 is 1.81 bits per heavy atom. The minimum absolute atomic E-state index is 0.00526. The van der Waals surface area contributed by atoms with Crippen LogP contribution in [0, 0.1) is 0 Å². The molecule has 2 aromatic carbocycles. The van der Waals surface area contributed by atoms with Crippen molar-refractivity contribution < 1.29 is 5.11 Å². The van der Waals surface area contributed by atoms with Crippen molar-refractivity contribution in [2.24, 2.45) is 12.8 Å². The summed E-state index contributed by atoms with van der Waals surface area (Å²) in [6.07, 6.45) is -0.946. The Balaban J connectivity index is 1.47. The first-order valence-electron chi connectivity index (χ1n) is 9.84. The highest BCUT2D eigenvalue weighted by Crippen LogP contribution is 2.21. The van der Waals surface area contributed by atoms with Gasteiger partial charge in [0.05, 0.1) is 6.54 Å². The van der Waals surface area contributed by atoms with Gasteiger partial charge in [-0.25, -0.2) is 4.79 Å². The van der Waals surface area contributed by atoms with Crippen LogP contribution in [-0.4, -0.2) is 33.3 Å². The topological polar surface area (TPSA) is 151 Å². The van der Waals surface area contributed by atoms with Crippen LogP contribution in [0.3, 0.4) is 0 Å². The molecule has 1 heterocycles. The molecule has 168 valence electrons. The molecular formula is C22H26N6O3S. The number of nitrogens with one attached hydrogen (secondary N) is 3. The summed E-state index contributed by atoms with van der Waals surface area (Å²) < 4.78 is 1.11. The Kier molecular flexibility index (Phi) is 7.77. The average Bonchev–Trinajstić information content (AvgIpc) is 2.81. The summed E-state index contributed by atoms with van der Waals surface area (Å²) in [6.45, 7) is 0.0200. The number of aliphatic hydroxyl groups is 1. The highest BCUT2D eigenvalue weighted by Gasteiger charge is 2.11. The largest absolute Gasteiger partial charge is 0.398 e. The Bertz CT molecular complexity index is 1190. The second-order valence-electron chi connectivity index (χ2n) is 7.01. The molecule has 8 N–H and O–H groups in total. The molecule has 0 aliphatic heterocycles. The molecule has 10 heteroatoms. The number of hydrogen-bond donors (Lipinski definition) is 6. The lowest BCUT2D eigenvalue weighted by Gasteiger charge is -2.15. The van der Waals surface area contributed by atoms with Crippen LogP contribution >= 0.6 is 11.8 Å². The van der Waals surface area contributed by atoms with E-state index in [1.165, 1.54) is 18.8 Å². The molecule has 1 atom stereocenters. The van der Waals surface area contributed by atoms with Gasteiger partial charge < -0.3 is 21.9 Å². The van der Waals surface area contributed by atoms with Gasteiger partial charge in [-0.2, -0.15) is 0 Å². The Hall–Kier alpha value is -3.47. The van der Waals surface area contributed by atoms with Crippen LogP contribution in [0.2, 0.25) is 0 Å². The van der Waals surface area contributed by atoms with Gasteiger partial charge in [0.15, 0.2) is 0 Å². The number of nitrogens with zero attached hydrogens (tertiary/aromatic N) is 1. The van der Waals surface area contributed by atoms with Gasteiger partial charge in [-0.1, -0.05) is 54.6 Å². The number of H-pyrrole nitrogens is 1. The maximum atomic E-state index is 11.9. The van der Waals surface area contributed by atoms with E-state index in [4.69, 9.17) is 11.5 Å². The summed E-state index contributed by atoms with van der Waals surface area (Å²) in [4.78, 5) is 25.5. The number of nitrogen functional groups attached to an aromatic ring is 1. The van der Waals surface area contributed by atoms with E-state index in [9.17, 15) is 14.7 Å². The molecule has 0 fully saturated rings. The van der Waals surface area contributed by atoms with Gasteiger partial charge >= 0.3 is 5.69 Å². The third-order valence-electron chi connectivity index (χ3n) is 4.78. The highest BCUT2D eigenvalue weighted by molar-refractivity contribution is 8.02. The zero-order valence-corrected chi connectivity index (χ0v) is 18.4. The summed E-state index contributed by atoms with van der Waals surface area (Å²) >= 11 is 1.39. The van der Waals surface area contributed by atoms with Crippen LogP contribution in [0.15, 0.2) is 69.6 Å². The van der Waals surface area contributed by atoms with Crippen LogP contribution in [0.25, 0.3) is 16.8 Å². The molecule has 0 saturated carbocycles. The van der Waals surface area contributed by atoms with Gasteiger partial charge in [0, 0.05) is 18.6 Å². The molecule has 0 saturated heterocycles. The van der Waals surface area contributed by atoms with Gasteiger partial charge in [0.25, 0.3) is 5.56 Å². The molecule has 0 aliphatic carbocycles. The van der Waals surface area contributed by atoms with Crippen molar-refractivity contribution in [3.63, 3.8) is 0 Å². The molecule has 0 aliphatic rings. The highest BCUT2D eigenvalue weighted by atomic mass is 32.2. The molecular weight excluding hydrogens is 428 g/mol. The lowest BCUT2D eigenvalue weighted by atomic mass is 10.0. The van der Waals surface area contributed by atoms with Crippen molar-refractivity contribution in [2.75, 3.05) is 23.5 Å². The van der Waals surface area contributed by atoms with Gasteiger partial charge in [-0.05, 0) is 22.1 Å². The van der Waals surface area contributed by atoms with Crippen molar-refractivity contribution in [3.05, 3.63) is 86.4 Å². The first-order chi connectivity index (χ1) is 15.4. The number of hydrogen-bond acceptors (Lipinski definition) is 8. The number of aliphatic hydroxyl groups excluding tert-OH is 1. The van der Waals surface area contributed by atoms with Gasteiger partial charge in [-0.3, -0.25) is 19.7 Å². The number of aromatic nitrogens is 2. The van der Waals surface area contributed by atoms with E-state index < -0.39 is 17.5 Å². The monoisotopic (exact) mass is 454 g/mol. The second-order valence-corrected chi connectivity index (χ2v) is 7.86. The lowest BCUT2D eigenvalue weighted by Crippen LogP contribution is -2.38. The molecule has 0 bridgehead atoms. The van der Waals surface area contributed by atoms with E-state index in [0.717, 1.165) is 21.3 Å². The Labute approximate surface area is 189 Å². The fourth-order valence-electron chi connectivity index (χ4n) is 2.91. The molecule has 32 heavy (non-hydrogen) atoms. The number of benzene rings is 2. The second kappa shape index (κ2) is 10.7. The number of rotatable bonds is 9. The maximum Gasteiger partial charge on any atom is 0.329 e. The molecule has 0 radical (unpaired) electrons. The molecule has 0 amide bonds. The zero-order chi connectivity index (χ0) is 23.1. The minimum atomic E-state index is -0.946. The Morgan fingerprint density at radius 3 is 2.50 bits per heavy atom. The van der Waals surface area contributed by atoms with Crippen molar-refractivity contribution in [2.45, 2.75) is 6.23 Å². The SMILES string of the molecule is Cn1c(N)c(NCC(O)NCS/C=C(\N)c2ccc(-c3ccccc3)cc2)c(=O)[nH]c1=O. The van der Waals surface area contributed by atoms with Crippen LogP contribution < -0.4 is 33.3 Å². The maximum absolute atomic E-state index is 11.9.